The second kappa shape index (κ2) is 4.57. The van der Waals surface area contributed by atoms with Crippen molar-refractivity contribution in [1.29, 1.82) is 0 Å². The van der Waals surface area contributed by atoms with Gasteiger partial charge in [0.2, 0.25) is 0 Å². The summed E-state index contributed by atoms with van der Waals surface area (Å²) in [5, 5.41) is 8.79. The smallest absolute Gasteiger partial charge is 0.383 e. The van der Waals surface area contributed by atoms with Crippen molar-refractivity contribution in [3.63, 3.8) is 0 Å². The molecule has 0 radical (unpaired) electrons. The fourth-order valence-corrected chi connectivity index (χ4v) is 1.01. The first-order valence-corrected chi connectivity index (χ1v) is 4.48. The second-order valence-corrected chi connectivity index (χ2v) is 3.12. The third-order valence-electron chi connectivity index (χ3n) is 1.88. The SMILES string of the molecule is CCc1ncc(CC(O)C(F)(F)F)cn1. The number of aromatic nitrogens is 2. The lowest BCUT2D eigenvalue weighted by Gasteiger charge is -2.13. The van der Waals surface area contributed by atoms with Gasteiger partial charge in [-0.2, -0.15) is 13.2 Å². The number of hydrogen-bond acceptors (Lipinski definition) is 3. The van der Waals surface area contributed by atoms with Crippen LogP contribution in [0.4, 0.5) is 13.2 Å². The van der Waals surface area contributed by atoms with Crippen molar-refractivity contribution >= 4 is 0 Å². The Hall–Kier alpha value is -1.17. The minimum Gasteiger partial charge on any atom is -0.383 e. The fraction of sp³-hybridized carbons (Fsp3) is 0.556. The summed E-state index contributed by atoms with van der Waals surface area (Å²) in [4.78, 5) is 7.69. The molecule has 15 heavy (non-hydrogen) atoms. The predicted molar refractivity (Wildman–Crippen MR) is 47.2 cm³/mol. The van der Waals surface area contributed by atoms with Gasteiger partial charge in [-0.25, -0.2) is 9.97 Å². The lowest BCUT2D eigenvalue weighted by Crippen LogP contribution is -2.30. The molecule has 0 amide bonds. The van der Waals surface area contributed by atoms with Gasteiger partial charge >= 0.3 is 6.18 Å². The summed E-state index contributed by atoms with van der Waals surface area (Å²) >= 11 is 0. The number of aryl methyl sites for hydroxylation is 1. The van der Waals surface area contributed by atoms with Crippen LogP contribution >= 0.6 is 0 Å². The average Bonchev–Trinajstić information content (AvgIpc) is 2.17. The van der Waals surface area contributed by atoms with Gasteiger partial charge in [-0.05, 0) is 5.56 Å². The Morgan fingerprint density at radius 2 is 1.87 bits per heavy atom. The Kier molecular flexibility index (Phi) is 3.62. The van der Waals surface area contributed by atoms with Crippen molar-refractivity contribution in [1.82, 2.24) is 9.97 Å². The Morgan fingerprint density at radius 1 is 1.33 bits per heavy atom. The highest BCUT2D eigenvalue weighted by Crippen LogP contribution is 2.22. The molecule has 1 rings (SSSR count). The third kappa shape index (κ3) is 3.47. The molecular weight excluding hydrogens is 209 g/mol. The van der Waals surface area contributed by atoms with E-state index < -0.39 is 18.7 Å². The molecule has 1 N–H and O–H groups in total. The minimum atomic E-state index is -4.59. The van der Waals surface area contributed by atoms with Gasteiger partial charge in [0.1, 0.15) is 5.82 Å². The van der Waals surface area contributed by atoms with Gasteiger partial charge in [0.25, 0.3) is 0 Å². The van der Waals surface area contributed by atoms with Gasteiger partial charge in [0.15, 0.2) is 6.10 Å². The number of aliphatic hydroxyl groups excluding tert-OH is 1. The van der Waals surface area contributed by atoms with E-state index in [-0.39, 0.29) is 5.56 Å². The molecule has 0 aliphatic heterocycles. The van der Waals surface area contributed by atoms with Crippen molar-refractivity contribution in [2.45, 2.75) is 32.0 Å². The van der Waals surface area contributed by atoms with Crippen LogP contribution in [0.15, 0.2) is 12.4 Å². The highest BCUT2D eigenvalue weighted by molar-refractivity contribution is 5.07. The molecule has 0 bridgehead atoms. The summed E-state index contributed by atoms with van der Waals surface area (Å²) in [6.07, 6.45) is -4.21. The molecule has 1 atom stereocenters. The van der Waals surface area contributed by atoms with Gasteiger partial charge in [-0.15, -0.1) is 0 Å². The van der Waals surface area contributed by atoms with Crippen LogP contribution in [0.3, 0.4) is 0 Å². The minimum absolute atomic E-state index is 0.275. The Morgan fingerprint density at radius 3 is 2.27 bits per heavy atom. The van der Waals surface area contributed by atoms with E-state index in [0.29, 0.717) is 12.2 Å². The Bertz CT molecular complexity index is 310. The Labute approximate surface area is 85.0 Å². The van der Waals surface area contributed by atoms with Crippen molar-refractivity contribution < 1.29 is 18.3 Å². The topological polar surface area (TPSA) is 46.0 Å². The molecule has 1 heterocycles. The van der Waals surface area contributed by atoms with Gasteiger partial charge < -0.3 is 5.11 Å². The van der Waals surface area contributed by atoms with E-state index in [2.05, 4.69) is 9.97 Å². The maximum atomic E-state index is 12.0. The molecule has 0 aliphatic rings. The van der Waals surface area contributed by atoms with E-state index in [1.54, 1.807) is 0 Å². The summed E-state index contributed by atoms with van der Waals surface area (Å²) < 4.78 is 36.0. The maximum Gasteiger partial charge on any atom is 0.414 e. The fourth-order valence-electron chi connectivity index (χ4n) is 1.01. The van der Waals surface area contributed by atoms with Gasteiger partial charge in [-0.3, -0.25) is 0 Å². The normalized spacial score (nSPS) is 13.9. The molecule has 0 aliphatic carbocycles. The molecule has 0 spiro atoms. The van der Waals surface area contributed by atoms with Crippen LogP contribution in [0.1, 0.15) is 18.3 Å². The van der Waals surface area contributed by atoms with Gasteiger partial charge in [0.05, 0.1) is 0 Å². The zero-order chi connectivity index (χ0) is 11.5. The van der Waals surface area contributed by atoms with Crippen LogP contribution in [0.5, 0.6) is 0 Å². The monoisotopic (exact) mass is 220 g/mol. The molecule has 0 saturated carbocycles. The van der Waals surface area contributed by atoms with Crippen molar-refractivity contribution in [3.05, 3.63) is 23.8 Å². The zero-order valence-corrected chi connectivity index (χ0v) is 8.12. The number of alkyl halides is 3. The van der Waals surface area contributed by atoms with Crippen LogP contribution in [0.25, 0.3) is 0 Å². The van der Waals surface area contributed by atoms with Crippen LogP contribution in [0, 0.1) is 0 Å². The third-order valence-corrected chi connectivity index (χ3v) is 1.88. The summed E-state index contributed by atoms with van der Waals surface area (Å²) in [6, 6.07) is 0. The van der Waals surface area contributed by atoms with Crippen LogP contribution in [-0.4, -0.2) is 27.4 Å². The standard InChI is InChI=1S/C9H11F3N2O/c1-2-8-13-4-6(5-14-8)3-7(15)9(10,11)12/h4-5,7,15H,2-3H2,1H3. The zero-order valence-electron chi connectivity index (χ0n) is 8.12. The summed E-state index contributed by atoms with van der Waals surface area (Å²) in [7, 11) is 0. The van der Waals surface area contributed by atoms with E-state index in [1.807, 2.05) is 6.92 Å². The largest absolute Gasteiger partial charge is 0.414 e. The highest BCUT2D eigenvalue weighted by Gasteiger charge is 2.38. The summed E-state index contributed by atoms with van der Waals surface area (Å²) in [5.74, 6) is 0.570. The average molecular weight is 220 g/mol. The predicted octanol–water partition coefficient (Wildman–Crippen LogP) is 1.50. The van der Waals surface area contributed by atoms with E-state index in [0.717, 1.165) is 0 Å². The van der Waals surface area contributed by atoms with Crippen LogP contribution in [0.2, 0.25) is 0 Å². The first kappa shape index (κ1) is 11.9. The van der Waals surface area contributed by atoms with E-state index in [1.165, 1.54) is 12.4 Å². The number of rotatable bonds is 3. The number of hydrogen-bond donors (Lipinski definition) is 1. The molecule has 0 aromatic carbocycles. The molecule has 6 heteroatoms. The lowest BCUT2D eigenvalue weighted by molar-refractivity contribution is -0.203. The molecule has 1 aromatic rings. The summed E-state index contributed by atoms with van der Waals surface area (Å²) in [6.45, 7) is 1.85. The van der Waals surface area contributed by atoms with Crippen LogP contribution < -0.4 is 0 Å². The van der Waals surface area contributed by atoms with E-state index in [9.17, 15) is 13.2 Å². The number of halogens is 3. The molecule has 0 saturated heterocycles. The van der Waals surface area contributed by atoms with Crippen LogP contribution in [-0.2, 0) is 12.8 Å². The molecule has 84 valence electrons. The lowest BCUT2D eigenvalue weighted by atomic mass is 10.1. The van der Waals surface area contributed by atoms with Crippen molar-refractivity contribution in [2.75, 3.05) is 0 Å². The number of nitrogens with zero attached hydrogens (tertiary/aromatic N) is 2. The molecule has 0 fully saturated rings. The molecule has 3 nitrogen and oxygen atoms in total. The van der Waals surface area contributed by atoms with Crippen molar-refractivity contribution in [3.8, 4) is 0 Å². The highest BCUT2D eigenvalue weighted by atomic mass is 19.4. The second-order valence-electron chi connectivity index (χ2n) is 3.12. The van der Waals surface area contributed by atoms with E-state index in [4.69, 9.17) is 5.11 Å². The number of aliphatic hydroxyl groups is 1. The Balaban J connectivity index is 2.65. The van der Waals surface area contributed by atoms with E-state index >= 15 is 0 Å². The van der Waals surface area contributed by atoms with Gasteiger partial charge in [0, 0.05) is 25.2 Å². The maximum absolute atomic E-state index is 12.0. The van der Waals surface area contributed by atoms with Crippen molar-refractivity contribution in [2.24, 2.45) is 0 Å². The first-order valence-electron chi connectivity index (χ1n) is 4.48. The molecule has 1 unspecified atom stereocenters. The molecule has 1 aromatic heterocycles. The quantitative estimate of drug-likeness (QED) is 0.839. The first-order chi connectivity index (χ1) is 6.93. The summed E-state index contributed by atoms with van der Waals surface area (Å²) in [5.41, 5.74) is 0.275. The molecular formula is C9H11F3N2O. The van der Waals surface area contributed by atoms with Gasteiger partial charge in [-0.1, -0.05) is 6.92 Å².